The number of imide groups is 1. The summed E-state index contributed by atoms with van der Waals surface area (Å²) in [5, 5.41) is 0. The normalized spacial score (nSPS) is 23.7. The molecule has 2 aliphatic heterocycles. The van der Waals surface area contributed by atoms with Gasteiger partial charge in [-0.1, -0.05) is 48.5 Å². The highest BCUT2D eigenvalue weighted by atomic mass is 16.5. The van der Waals surface area contributed by atoms with E-state index >= 15 is 0 Å². The average molecular weight is 456 g/mol. The number of para-hydroxylation sites is 1. The average Bonchev–Trinajstić information content (AvgIpc) is 3.37. The van der Waals surface area contributed by atoms with Gasteiger partial charge >= 0.3 is 5.97 Å². The molecule has 0 spiro atoms. The first kappa shape index (κ1) is 21.7. The van der Waals surface area contributed by atoms with Gasteiger partial charge in [-0.2, -0.15) is 0 Å². The zero-order valence-corrected chi connectivity index (χ0v) is 18.8. The molecular weight excluding hydrogens is 432 g/mol. The summed E-state index contributed by atoms with van der Waals surface area (Å²) < 4.78 is 10.4. The maximum atomic E-state index is 13.8. The van der Waals surface area contributed by atoms with Crippen LogP contribution in [-0.4, -0.2) is 38.0 Å². The van der Waals surface area contributed by atoms with Crippen LogP contribution in [0.1, 0.15) is 11.6 Å². The van der Waals surface area contributed by atoms with Crippen molar-refractivity contribution in [2.24, 2.45) is 11.8 Å². The number of fused-ring (bicyclic) bond motifs is 1. The summed E-state index contributed by atoms with van der Waals surface area (Å²) in [6.45, 7) is 0. The summed E-state index contributed by atoms with van der Waals surface area (Å²) in [6.07, 6.45) is 0. The van der Waals surface area contributed by atoms with Crippen molar-refractivity contribution < 1.29 is 23.9 Å². The predicted molar refractivity (Wildman–Crippen MR) is 126 cm³/mol. The van der Waals surface area contributed by atoms with Gasteiger partial charge in [0.2, 0.25) is 11.8 Å². The third-order valence-corrected chi connectivity index (χ3v) is 6.65. The summed E-state index contributed by atoms with van der Waals surface area (Å²) in [5.41, 5.74) is 2.04. The van der Waals surface area contributed by atoms with Crippen LogP contribution in [0, 0.1) is 11.8 Å². The molecule has 2 heterocycles. The Bertz CT molecular complexity index is 1210. The number of hydrogen-bond acceptors (Lipinski definition) is 6. The molecule has 172 valence electrons. The largest absolute Gasteiger partial charge is 0.497 e. The summed E-state index contributed by atoms with van der Waals surface area (Å²) in [6, 6.07) is 24.1. The van der Waals surface area contributed by atoms with Gasteiger partial charge in [0, 0.05) is 5.69 Å². The molecule has 0 aromatic heterocycles. The second kappa shape index (κ2) is 8.67. The Balaban J connectivity index is 1.68. The second-order valence-electron chi connectivity index (χ2n) is 8.33. The van der Waals surface area contributed by atoms with Crippen molar-refractivity contribution in [2.45, 2.75) is 12.1 Å². The minimum Gasteiger partial charge on any atom is -0.497 e. The zero-order chi connectivity index (χ0) is 23.8. The lowest BCUT2D eigenvalue weighted by Crippen LogP contribution is -2.46. The predicted octanol–water partition coefficient (Wildman–Crippen LogP) is 3.60. The maximum Gasteiger partial charge on any atom is 0.329 e. The molecule has 5 rings (SSSR count). The highest BCUT2D eigenvalue weighted by Gasteiger charge is 2.65. The summed E-state index contributed by atoms with van der Waals surface area (Å²) in [4.78, 5) is 43.8. The van der Waals surface area contributed by atoms with Crippen LogP contribution in [0.4, 0.5) is 11.4 Å². The van der Waals surface area contributed by atoms with E-state index in [1.165, 1.54) is 12.0 Å². The van der Waals surface area contributed by atoms with Gasteiger partial charge in [0.25, 0.3) is 0 Å². The van der Waals surface area contributed by atoms with Gasteiger partial charge in [0.05, 0.1) is 37.8 Å². The molecule has 34 heavy (non-hydrogen) atoms. The molecule has 7 nitrogen and oxygen atoms in total. The first-order valence-corrected chi connectivity index (χ1v) is 11.0. The fourth-order valence-electron chi connectivity index (χ4n) is 5.20. The number of amides is 2. The van der Waals surface area contributed by atoms with E-state index in [0.29, 0.717) is 17.1 Å². The Morgan fingerprint density at radius 2 is 1.32 bits per heavy atom. The number of anilines is 2. The lowest BCUT2D eigenvalue weighted by molar-refractivity contribution is -0.144. The molecule has 7 heteroatoms. The Labute approximate surface area is 197 Å². The standard InChI is InChI=1S/C27H24N2O5/c1-33-20-15-13-19(14-16-20)28-23(17-9-5-3-6-10-17)21-22(24(28)27(32)34-2)26(31)29(25(21)30)18-11-7-4-8-12-18/h3-16,21-24H,1-2H3/t21-,22+,23-,24+/m0/s1. The van der Waals surface area contributed by atoms with E-state index in [2.05, 4.69) is 0 Å². The third-order valence-electron chi connectivity index (χ3n) is 6.65. The number of carbonyl (C=O) groups is 3. The molecule has 0 saturated carbocycles. The van der Waals surface area contributed by atoms with E-state index in [1.54, 1.807) is 43.5 Å². The number of methoxy groups -OCH3 is 2. The highest BCUT2D eigenvalue weighted by Crippen LogP contribution is 2.52. The van der Waals surface area contributed by atoms with Crippen LogP contribution >= 0.6 is 0 Å². The molecule has 3 aromatic rings. The van der Waals surface area contributed by atoms with Crippen LogP contribution in [0.2, 0.25) is 0 Å². The van der Waals surface area contributed by atoms with Gasteiger partial charge in [0.1, 0.15) is 11.8 Å². The smallest absolute Gasteiger partial charge is 0.329 e. The molecule has 2 aliphatic rings. The SMILES string of the molecule is COC(=O)[C@H]1[C@@H]2C(=O)N(c3ccccc3)C(=O)[C@@H]2[C@H](c2ccccc2)N1c1ccc(OC)cc1. The second-order valence-corrected chi connectivity index (χ2v) is 8.33. The van der Waals surface area contributed by atoms with Gasteiger partial charge in [-0.15, -0.1) is 0 Å². The number of nitrogens with zero attached hydrogens (tertiary/aromatic N) is 2. The van der Waals surface area contributed by atoms with Crippen molar-refractivity contribution >= 4 is 29.2 Å². The van der Waals surface area contributed by atoms with Crippen LogP contribution in [-0.2, 0) is 19.1 Å². The van der Waals surface area contributed by atoms with E-state index in [9.17, 15) is 14.4 Å². The third kappa shape index (κ3) is 3.32. The van der Waals surface area contributed by atoms with Gasteiger partial charge in [-0.05, 0) is 42.0 Å². The van der Waals surface area contributed by atoms with Crippen molar-refractivity contribution in [3.8, 4) is 5.75 Å². The van der Waals surface area contributed by atoms with E-state index in [-0.39, 0.29) is 5.91 Å². The minimum absolute atomic E-state index is 0.319. The number of rotatable bonds is 5. The Kier molecular flexibility index (Phi) is 5.53. The summed E-state index contributed by atoms with van der Waals surface area (Å²) in [5.74, 6) is -2.24. The Hall–Kier alpha value is -4.13. The summed E-state index contributed by atoms with van der Waals surface area (Å²) >= 11 is 0. The van der Waals surface area contributed by atoms with Crippen LogP contribution in [0.3, 0.4) is 0 Å². The number of hydrogen-bond donors (Lipinski definition) is 0. The molecule has 0 unspecified atom stereocenters. The van der Waals surface area contributed by atoms with E-state index < -0.39 is 35.8 Å². The van der Waals surface area contributed by atoms with Crippen molar-refractivity contribution in [1.29, 1.82) is 0 Å². The topological polar surface area (TPSA) is 76.2 Å². The number of ether oxygens (including phenoxy) is 2. The minimum atomic E-state index is -0.959. The van der Waals surface area contributed by atoms with Crippen LogP contribution in [0.15, 0.2) is 84.9 Å². The lowest BCUT2D eigenvalue weighted by Gasteiger charge is -2.34. The van der Waals surface area contributed by atoms with E-state index in [4.69, 9.17) is 9.47 Å². The molecule has 2 saturated heterocycles. The van der Waals surface area contributed by atoms with E-state index in [0.717, 1.165) is 5.56 Å². The Morgan fingerprint density at radius 3 is 1.91 bits per heavy atom. The molecule has 2 amide bonds. The van der Waals surface area contributed by atoms with Crippen LogP contribution in [0.25, 0.3) is 0 Å². The molecule has 0 N–H and O–H groups in total. The summed E-state index contributed by atoms with van der Waals surface area (Å²) in [7, 11) is 2.88. The van der Waals surface area contributed by atoms with Crippen LogP contribution < -0.4 is 14.5 Å². The molecule has 4 atom stereocenters. The quantitative estimate of drug-likeness (QED) is 0.431. The molecule has 0 radical (unpaired) electrons. The lowest BCUT2D eigenvalue weighted by atomic mass is 9.86. The number of carbonyl (C=O) groups excluding carboxylic acids is 3. The maximum absolute atomic E-state index is 13.8. The van der Waals surface area contributed by atoms with Gasteiger partial charge < -0.3 is 14.4 Å². The molecule has 3 aromatic carbocycles. The zero-order valence-electron chi connectivity index (χ0n) is 18.8. The van der Waals surface area contributed by atoms with Crippen molar-refractivity contribution in [3.05, 3.63) is 90.5 Å². The first-order valence-electron chi connectivity index (χ1n) is 11.0. The van der Waals surface area contributed by atoms with E-state index in [1.807, 2.05) is 53.4 Å². The number of esters is 1. The molecule has 0 aliphatic carbocycles. The highest BCUT2D eigenvalue weighted by molar-refractivity contribution is 6.24. The fraction of sp³-hybridized carbons (Fsp3) is 0.222. The van der Waals surface area contributed by atoms with Gasteiger partial charge in [-0.3, -0.25) is 9.59 Å². The Morgan fingerprint density at radius 1 is 0.735 bits per heavy atom. The van der Waals surface area contributed by atoms with Crippen molar-refractivity contribution in [1.82, 2.24) is 0 Å². The molecular formula is C27H24N2O5. The van der Waals surface area contributed by atoms with Crippen molar-refractivity contribution in [3.63, 3.8) is 0 Å². The monoisotopic (exact) mass is 456 g/mol. The molecule has 0 bridgehead atoms. The van der Waals surface area contributed by atoms with Gasteiger partial charge in [-0.25, -0.2) is 9.69 Å². The molecule has 2 fully saturated rings. The van der Waals surface area contributed by atoms with Crippen LogP contribution in [0.5, 0.6) is 5.75 Å². The van der Waals surface area contributed by atoms with Gasteiger partial charge in [0.15, 0.2) is 0 Å². The fourth-order valence-corrected chi connectivity index (χ4v) is 5.20. The van der Waals surface area contributed by atoms with Crippen molar-refractivity contribution in [2.75, 3.05) is 24.0 Å². The number of benzene rings is 3. The first-order chi connectivity index (χ1) is 16.6.